The van der Waals surface area contributed by atoms with Crippen molar-refractivity contribution >= 4 is 33.2 Å². The molecular formula is C36H24N4O. The van der Waals surface area contributed by atoms with Crippen LogP contribution in [0.2, 0.25) is 0 Å². The molecule has 0 unspecified atom stereocenters. The van der Waals surface area contributed by atoms with Gasteiger partial charge in [0, 0.05) is 22.1 Å². The molecule has 5 aromatic carbocycles. The van der Waals surface area contributed by atoms with Gasteiger partial charge in [-0.25, -0.2) is 15.0 Å². The zero-order chi connectivity index (χ0) is 27.5. The third kappa shape index (κ3) is 3.52. The number of para-hydroxylation sites is 1. The Balaban J connectivity index is 1.39. The van der Waals surface area contributed by atoms with Crippen molar-refractivity contribution in [2.75, 3.05) is 5.73 Å². The Kier molecular flexibility index (Phi) is 5.12. The summed E-state index contributed by atoms with van der Waals surface area (Å²) in [6.45, 7) is 1.97. The van der Waals surface area contributed by atoms with Crippen LogP contribution in [0.25, 0.3) is 72.3 Å². The molecule has 8 rings (SSSR count). The fourth-order valence-electron chi connectivity index (χ4n) is 6.06. The van der Waals surface area contributed by atoms with E-state index in [-0.39, 0.29) is 0 Å². The van der Waals surface area contributed by atoms with Gasteiger partial charge in [-0.2, -0.15) is 0 Å². The lowest BCUT2D eigenvalue weighted by Gasteiger charge is -2.13. The lowest BCUT2D eigenvalue weighted by atomic mass is 9.98. The summed E-state index contributed by atoms with van der Waals surface area (Å²) in [6, 6.07) is 37.2. The van der Waals surface area contributed by atoms with Crippen molar-refractivity contribution < 1.29 is 4.42 Å². The highest BCUT2D eigenvalue weighted by atomic mass is 16.3. The van der Waals surface area contributed by atoms with Gasteiger partial charge in [0.1, 0.15) is 5.58 Å². The van der Waals surface area contributed by atoms with Gasteiger partial charge in [-0.3, -0.25) is 0 Å². The van der Waals surface area contributed by atoms with Crippen LogP contribution in [0.15, 0.2) is 120 Å². The second-order valence-corrected chi connectivity index (χ2v) is 10.1. The van der Waals surface area contributed by atoms with Crippen molar-refractivity contribution in [2.24, 2.45) is 0 Å². The summed E-state index contributed by atoms with van der Waals surface area (Å²) in [5.74, 6) is 2.09. The normalized spacial score (nSPS) is 12.3. The minimum atomic E-state index is 0.339. The van der Waals surface area contributed by atoms with Gasteiger partial charge in [0.2, 0.25) is 0 Å². The van der Waals surface area contributed by atoms with Crippen molar-refractivity contribution in [3.63, 3.8) is 0 Å². The number of furan rings is 1. The van der Waals surface area contributed by atoms with Crippen LogP contribution in [0, 0.1) is 0 Å². The Hall–Kier alpha value is -5.55. The summed E-state index contributed by atoms with van der Waals surface area (Å²) >= 11 is 0. The predicted molar refractivity (Wildman–Crippen MR) is 166 cm³/mol. The maximum Gasteiger partial charge on any atom is 0.199 e. The van der Waals surface area contributed by atoms with Crippen LogP contribution in [0.1, 0.15) is 18.3 Å². The number of benzene rings is 5. The maximum atomic E-state index is 6.44. The lowest BCUT2D eigenvalue weighted by molar-refractivity contribution is 0.636. The number of hydrogen-bond acceptors (Lipinski definition) is 5. The number of hydrogen-bond donors (Lipinski definition) is 1. The molecule has 5 nitrogen and oxygen atoms in total. The summed E-state index contributed by atoms with van der Waals surface area (Å²) < 4.78 is 5.92. The van der Waals surface area contributed by atoms with E-state index in [1.54, 1.807) is 0 Å². The van der Waals surface area contributed by atoms with Crippen LogP contribution < -0.4 is 5.73 Å². The second-order valence-electron chi connectivity index (χ2n) is 10.1. The molecule has 0 saturated carbocycles. The summed E-state index contributed by atoms with van der Waals surface area (Å²) in [7, 11) is 0. The molecule has 5 heteroatoms. The summed E-state index contributed by atoms with van der Waals surface area (Å²) in [6.07, 6.45) is 1.99. The standard InChI is InChI=1S/C36H24N4O/c1-2-22(32-29-15-8-9-18-30(29)41-33(32)37)35-38-34(21-11-4-3-5-12-21)39-36(40-35)28-20-19-27-24-14-7-6-13-23(24)25-16-10-17-26(28)31(25)27/h2-20H,37H2,1H3/b22-2+. The molecule has 2 heterocycles. The first-order valence-electron chi connectivity index (χ1n) is 13.6. The van der Waals surface area contributed by atoms with E-state index in [9.17, 15) is 0 Å². The third-order valence-corrected chi connectivity index (χ3v) is 7.88. The highest BCUT2D eigenvalue weighted by Crippen LogP contribution is 2.49. The van der Waals surface area contributed by atoms with Gasteiger partial charge in [0.05, 0.1) is 5.56 Å². The molecule has 1 aliphatic carbocycles. The molecule has 7 aromatic rings. The minimum absolute atomic E-state index is 0.339. The number of fused-ring (bicyclic) bond motifs is 4. The Labute approximate surface area is 236 Å². The third-order valence-electron chi connectivity index (χ3n) is 7.88. The molecule has 0 amide bonds. The van der Waals surface area contributed by atoms with Gasteiger partial charge in [-0.1, -0.05) is 103 Å². The van der Waals surface area contributed by atoms with E-state index in [1.165, 1.54) is 27.6 Å². The minimum Gasteiger partial charge on any atom is -0.440 e. The van der Waals surface area contributed by atoms with Gasteiger partial charge >= 0.3 is 0 Å². The SMILES string of the molecule is C/C=C(/c1nc(-c2ccccc2)nc(-c2ccc3c4c(cccc24)-c2ccccc2-3)n1)c1c(N)oc2ccccc12. The van der Waals surface area contributed by atoms with Gasteiger partial charge in [-0.05, 0) is 52.1 Å². The molecule has 194 valence electrons. The number of allylic oxidation sites excluding steroid dienone is 1. The molecule has 1 aliphatic rings. The van der Waals surface area contributed by atoms with Gasteiger partial charge in [-0.15, -0.1) is 0 Å². The Morgan fingerprint density at radius 2 is 1.24 bits per heavy atom. The van der Waals surface area contributed by atoms with E-state index >= 15 is 0 Å². The summed E-state index contributed by atoms with van der Waals surface area (Å²) in [4.78, 5) is 15.1. The first-order valence-corrected chi connectivity index (χ1v) is 13.6. The van der Waals surface area contributed by atoms with Crippen LogP contribution >= 0.6 is 0 Å². The largest absolute Gasteiger partial charge is 0.440 e. The van der Waals surface area contributed by atoms with Crippen molar-refractivity contribution in [3.05, 3.63) is 127 Å². The molecule has 0 saturated heterocycles. The van der Waals surface area contributed by atoms with E-state index < -0.39 is 0 Å². The zero-order valence-electron chi connectivity index (χ0n) is 22.3. The van der Waals surface area contributed by atoms with Gasteiger partial charge in [0.25, 0.3) is 0 Å². The van der Waals surface area contributed by atoms with E-state index in [0.29, 0.717) is 23.4 Å². The molecule has 2 N–H and O–H groups in total. The Bertz CT molecular complexity index is 2150. The van der Waals surface area contributed by atoms with Gasteiger partial charge in [0.15, 0.2) is 23.4 Å². The number of aromatic nitrogens is 3. The highest BCUT2D eigenvalue weighted by molar-refractivity contribution is 6.18. The molecule has 0 bridgehead atoms. The number of rotatable bonds is 4. The van der Waals surface area contributed by atoms with Crippen molar-refractivity contribution in [1.82, 2.24) is 15.0 Å². The monoisotopic (exact) mass is 528 g/mol. The quantitative estimate of drug-likeness (QED) is 0.247. The molecular weight excluding hydrogens is 504 g/mol. The van der Waals surface area contributed by atoms with E-state index in [2.05, 4.69) is 54.6 Å². The number of anilines is 1. The molecule has 0 fully saturated rings. The zero-order valence-corrected chi connectivity index (χ0v) is 22.3. The number of nitrogen functional groups attached to an aromatic ring is 1. The van der Waals surface area contributed by atoms with Crippen LogP contribution in [-0.4, -0.2) is 15.0 Å². The fourth-order valence-corrected chi connectivity index (χ4v) is 6.06. The van der Waals surface area contributed by atoms with E-state index in [4.69, 9.17) is 25.1 Å². The first kappa shape index (κ1) is 23.3. The fraction of sp³-hybridized carbons (Fsp3) is 0.0278. The molecule has 0 aliphatic heterocycles. The van der Waals surface area contributed by atoms with Crippen molar-refractivity contribution in [1.29, 1.82) is 0 Å². The summed E-state index contributed by atoms with van der Waals surface area (Å²) in [5.41, 5.74) is 15.6. The first-order chi connectivity index (χ1) is 20.2. The molecule has 2 aromatic heterocycles. The number of nitrogens with zero attached hydrogens (tertiary/aromatic N) is 3. The summed E-state index contributed by atoms with van der Waals surface area (Å²) in [5, 5.41) is 3.26. The molecule has 0 spiro atoms. The van der Waals surface area contributed by atoms with E-state index in [1.807, 2.05) is 67.6 Å². The lowest BCUT2D eigenvalue weighted by Crippen LogP contribution is -2.04. The van der Waals surface area contributed by atoms with Crippen LogP contribution in [0.5, 0.6) is 0 Å². The average molecular weight is 529 g/mol. The molecule has 0 atom stereocenters. The Morgan fingerprint density at radius 1 is 0.610 bits per heavy atom. The topological polar surface area (TPSA) is 77.8 Å². The second kappa shape index (κ2) is 9.00. The van der Waals surface area contributed by atoms with E-state index in [0.717, 1.165) is 38.6 Å². The van der Waals surface area contributed by atoms with Gasteiger partial charge < -0.3 is 10.2 Å². The van der Waals surface area contributed by atoms with Crippen LogP contribution in [0.4, 0.5) is 5.88 Å². The van der Waals surface area contributed by atoms with Crippen molar-refractivity contribution in [2.45, 2.75) is 6.92 Å². The van der Waals surface area contributed by atoms with Crippen LogP contribution in [-0.2, 0) is 0 Å². The maximum absolute atomic E-state index is 6.44. The average Bonchev–Trinajstić information content (AvgIpc) is 3.53. The number of nitrogens with two attached hydrogens (primary N) is 1. The Morgan fingerprint density at radius 3 is 2.05 bits per heavy atom. The molecule has 0 radical (unpaired) electrons. The highest BCUT2D eigenvalue weighted by Gasteiger charge is 2.25. The van der Waals surface area contributed by atoms with Crippen LogP contribution in [0.3, 0.4) is 0 Å². The smallest absolute Gasteiger partial charge is 0.199 e. The predicted octanol–water partition coefficient (Wildman–Crippen LogP) is 8.79. The van der Waals surface area contributed by atoms with Crippen molar-refractivity contribution in [3.8, 4) is 45.0 Å². The molecule has 41 heavy (non-hydrogen) atoms.